The van der Waals surface area contributed by atoms with Crippen LogP contribution >= 0.6 is 0 Å². The molecule has 2 aliphatic heterocycles. The largest absolute Gasteiger partial charge is 0.366 e. The van der Waals surface area contributed by atoms with Gasteiger partial charge in [-0.3, -0.25) is 4.79 Å². The van der Waals surface area contributed by atoms with Crippen molar-refractivity contribution in [3.63, 3.8) is 0 Å². The van der Waals surface area contributed by atoms with Gasteiger partial charge in [-0.05, 0) is 31.4 Å². The van der Waals surface area contributed by atoms with E-state index in [4.69, 9.17) is 5.73 Å². The third kappa shape index (κ3) is 1.84. The molecule has 2 aliphatic rings. The smallest absolute Gasteiger partial charge is 0.248 e. The molecule has 2 atom stereocenters. The number of hydrogen-bond donors (Lipinski definition) is 2. The Bertz CT molecular complexity index is 488. The molecule has 5 nitrogen and oxygen atoms in total. The summed E-state index contributed by atoms with van der Waals surface area (Å²) < 4.78 is 0. The summed E-state index contributed by atoms with van der Waals surface area (Å²) in [6, 6.07) is 4.07. The summed E-state index contributed by atoms with van der Waals surface area (Å²) in [4.78, 5) is 18.2. The first-order valence-corrected chi connectivity index (χ1v) is 6.41. The number of carbonyl (C=O) groups is 1. The average molecular weight is 246 g/mol. The zero-order chi connectivity index (χ0) is 12.7. The highest BCUT2D eigenvalue weighted by Gasteiger charge is 2.38. The van der Waals surface area contributed by atoms with Crippen LogP contribution in [0.15, 0.2) is 12.1 Å². The number of fused-ring (bicyclic) bond motifs is 1. The van der Waals surface area contributed by atoms with Crippen LogP contribution in [-0.2, 0) is 0 Å². The zero-order valence-corrected chi connectivity index (χ0v) is 10.5. The Kier molecular flexibility index (Phi) is 2.70. The summed E-state index contributed by atoms with van der Waals surface area (Å²) in [6.45, 7) is 5.02. The van der Waals surface area contributed by atoms with Gasteiger partial charge in [0.1, 0.15) is 5.82 Å². The topological polar surface area (TPSA) is 71.2 Å². The highest BCUT2D eigenvalue weighted by molar-refractivity contribution is 5.93. The van der Waals surface area contributed by atoms with Crippen LogP contribution in [0.2, 0.25) is 0 Å². The van der Waals surface area contributed by atoms with Gasteiger partial charge < -0.3 is 16.0 Å². The van der Waals surface area contributed by atoms with E-state index in [2.05, 4.69) is 15.2 Å². The van der Waals surface area contributed by atoms with E-state index in [1.54, 1.807) is 6.07 Å². The molecule has 2 saturated heterocycles. The van der Waals surface area contributed by atoms with Crippen LogP contribution < -0.4 is 16.0 Å². The van der Waals surface area contributed by atoms with Crippen molar-refractivity contribution < 1.29 is 4.79 Å². The number of nitrogens with two attached hydrogens (primary N) is 1. The van der Waals surface area contributed by atoms with Crippen molar-refractivity contribution in [2.24, 2.45) is 11.7 Å². The number of nitrogens with zero attached hydrogens (tertiary/aromatic N) is 2. The van der Waals surface area contributed by atoms with Gasteiger partial charge in [-0.15, -0.1) is 0 Å². The van der Waals surface area contributed by atoms with E-state index in [1.807, 2.05) is 13.0 Å². The number of hydrogen-bond acceptors (Lipinski definition) is 4. The Balaban J connectivity index is 1.94. The van der Waals surface area contributed by atoms with Gasteiger partial charge >= 0.3 is 0 Å². The molecule has 18 heavy (non-hydrogen) atoms. The van der Waals surface area contributed by atoms with E-state index >= 15 is 0 Å². The number of rotatable bonds is 2. The molecule has 1 amide bonds. The van der Waals surface area contributed by atoms with Crippen molar-refractivity contribution in [2.75, 3.05) is 24.5 Å². The van der Waals surface area contributed by atoms with Crippen molar-refractivity contribution in [3.05, 3.63) is 23.4 Å². The fraction of sp³-hybridized carbons (Fsp3) is 0.538. The zero-order valence-electron chi connectivity index (χ0n) is 10.5. The maximum absolute atomic E-state index is 11.3. The molecule has 3 N–H and O–H groups in total. The molecule has 0 spiro atoms. The molecule has 2 fully saturated rings. The fourth-order valence-electron chi connectivity index (χ4n) is 3.07. The van der Waals surface area contributed by atoms with E-state index in [1.165, 1.54) is 6.42 Å². The maximum atomic E-state index is 11.3. The number of primary amides is 1. The molecular weight excluding hydrogens is 228 g/mol. The Morgan fingerprint density at radius 2 is 2.33 bits per heavy atom. The Morgan fingerprint density at radius 1 is 1.50 bits per heavy atom. The van der Waals surface area contributed by atoms with Crippen LogP contribution in [0.3, 0.4) is 0 Å². The molecule has 0 aliphatic carbocycles. The van der Waals surface area contributed by atoms with E-state index < -0.39 is 0 Å². The second-order valence-corrected chi connectivity index (χ2v) is 5.19. The fourth-order valence-corrected chi connectivity index (χ4v) is 3.07. The first-order valence-electron chi connectivity index (χ1n) is 6.41. The molecule has 0 radical (unpaired) electrons. The Hall–Kier alpha value is -1.62. The quantitative estimate of drug-likeness (QED) is 0.786. The van der Waals surface area contributed by atoms with Gasteiger partial charge in [0.05, 0.1) is 0 Å². The van der Waals surface area contributed by atoms with Crippen LogP contribution in [0.1, 0.15) is 22.5 Å². The summed E-state index contributed by atoms with van der Waals surface area (Å²) in [5.74, 6) is 1.21. The summed E-state index contributed by atoms with van der Waals surface area (Å²) in [6.07, 6.45) is 1.19. The van der Waals surface area contributed by atoms with E-state index in [9.17, 15) is 4.79 Å². The predicted molar refractivity (Wildman–Crippen MR) is 69.6 cm³/mol. The molecular formula is C13H18N4O. The number of aromatic nitrogens is 1. The van der Waals surface area contributed by atoms with Crippen LogP contribution in [0.25, 0.3) is 0 Å². The molecule has 3 rings (SSSR count). The monoisotopic (exact) mass is 246 g/mol. The number of nitrogens with one attached hydrogen (secondary N) is 1. The number of anilines is 1. The summed E-state index contributed by atoms with van der Waals surface area (Å²) >= 11 is 0. The van der Waals surface area contributed by atoms with E-state index in [0.717, 1.165) is 31.1 Å². The minimum absolute atomic E-state index is 0.387. The van der Waals surface area contributed by atoms with Gasteiger partial charge in [0.2, 0.25) is 5.91 Å². The summed E-state index contributed by atoms with van der Waals surface area (Å²) in [5.41, 5.74) is 6.75. The molecule has 3 heterocycles. The second-order valence-electron chi connectivity index (χ2n) is 5.19. The van der Waals surface area contributed by atoms with Gasteiger partial charge in [-0.25, -0.2) is 4.98 Å². The number of pyridine rings is 1. The van der Waals surface area contributed by atoms with Crippen LogP contribution in [0, 0.1) is 12.8 Å². The van der Waals surface area contributed by atoms with Crippen molar-refractivity contribution in [1.29, 1.82) is 0 Å². The highest BCUT2D eigenvalue weighted by atomic mass is 16.1. The van der Waals surface area contributed by atoms with Gasteiger partial charge in [0.25, 0.3) is 0 Å². The molecule has 96 valence electrons. The van der Waals surface area contributed by atoms with E-state index in [-0.39, 0.29) is 5.91 Å². The predicted octanol–water partition coefficient (Wildman–Crippen LogP) is 0.287. The lowest BCUT2D eigenvalue weighted by Crippen LogP contribution is -2.35. The van der Waals surface area contributed by atoms with Gasteiger partial charge in [0.15, 0.2) is 0 Å². The lowest BCUT2D eigenvalue weighted by atomic mass is 10.1. The molecule has 0 unspecified atom stereocenters. The van der Waals surface area contributed by atoms with Crippen molar-refractivity contribution in [1.82, 2.24) is 10.3 Å². The van der Waals surface area contributed by atoms with Crippen LogP contribution in [0.4, 0.5) is 5.82 Å². The standard InChI is InChI=1S/C13H18N4O/c1-8-4-10(13(14)18)5-12(16-8)17-3-2-9-6-15-7-11(9)17/h4-5,9,11,15H,2-3,6-7H2,1H3,(H2,14,18)/t9-,11+/m0/s1. The minimum Gasteiger partial charge on any atom is -0.366 e. The first-order chi connectivity index (χ1) is 8.65. The van der Waals surface area contributed by atoms with Gasteiger partial charge in [-0.1, -0.05) is 0 Å². The lowest BCUT2D eigenvalue weighted by Gasteiger charge is -2.25. The third-order valence-corrected chi connectivity index (χ3v) is 3.96. The van der Waals surface area contributed by atoms with Crippen molar-refractivity contribution in [3.8, 4) is 0 Å². The highest BCUT2D eigenvalue weighted by Crippen LogP contribution is 2.31. The van der Waals surface area contributed by atoms with Gasteiger partial charge in [0, 0.05) is 36.9 Å². The first kappa shape index (κ1) is 11.5. The van der Waals surface area contributed by atoms with Crippen LogP contribution in [0.5, 0.6) is 0 Å². The molecule has 1 aromatic rings. The Labute approximate surface area is 106 Å². The maximum Gasteiger partial charge on any atom is 0.248 e. The molecule has 0 aromatic carbocycles. The lowest BCUT2D eigenvalue weighted by molar-refractivity contribution is 0.1000. The van der Waals surface area contributed by atoms with Crippen molar-refractivity contribution >= 4 is 11.7 Å². The molecule has 1 aromatic heterocycles. The SMILES string of the molecule is Cc1cc(C(N)=O)cc(N2CC[C@H]3CNC[C@H]32)n1. The summed E-state index contributed by atoms with van der Waals surface area (Å²) in [5, 5.41) is 3.41. The third-order valence-electron chi connectivity index (χ3n) is 3.96. The number of carbonyl (C=O) groups excluding carboxylic acids is 1. The summed E-state index contributed by atoms with van der Waals surface area (Å²) in [7, 11) is 0. The van der Waals surface area contributed by atoms with Crippen LogP contribution in [-0.4, -0.2) is 36.6 Å². The van der Waals surface area contributed by atoms with Crippen molar-refractivity contribution in [2.45, 2.75) is 19.4 Å². The number of aryl methyl sites for hydroxylation is 1. The molecule has 0 bridgehead atoms. The average Bonchev–Trinajstić information content (AvgIpc) is 2.89. The minimum atomic E-state index is -0.387. The molecule has 0 saturated carbocycles. The van der Waals surface area contributed by atoms with E-state index in [0.29, 0.717) is 17.5 Å². The second kappa shape index (κ2) is 4.24. The van der Waals surface area contributed by atoms with Gasteiger partial charge in [-0.2, -0.15) is 0 Å². The normalized spacial score (nSPS) is 26.4. The molecule has 5 heteroatoms. The Morgan fingerprint density at radius 3 is 3.11 bits per heavy atom. The number of amides is 1.